The summed E-state index contributed by atoms with van der Waals surface area (Å²) in [6.45, 7) is 7.93. The number of nitriles is 1. The minimum absolute atomic E-state index is 0.0455. The van der Waals surface area contributed by atoms with Crippen LogP contribution in [0.25, 0.3) is 22.5 Å². The highest BCUT2D eigenvalue weighted by Crippen LogP contribution is 2.34. The number of piperidine rings is 1. The maximum absolute atomic E-state index is 15.5. The Morgan fingerprint density at radius 1 is 1.35 bits per heavy atom. The second-order valence-corrected chi connectivity index (χ2v) is 9.80. The molecule has 3 heterocycles. The van der Waals surface area contributed by atoms with Gasteiger partial charge in [-0.3, -0.25) is 9.30 Å². The van der Waals surface area contributed by atoms with Gasteiger partial charge in [-0.25, -0.2) is 14.2 Å². The van der Waals surface area contributed by atoms with Gasteiger partial charge in [0.25, 0.3) is 0 Å². The predicted octanol–water partition coefficient (Wildman–Crippen LogP) is 5.46. The maximum Gasteiger partial charge on any atom is 0.413 e. The SMILES string of the molecule is C=C/C(=C(F)\C=C(/C)c1c(-c2ccc(C#N)cc2)nc(OC[C@@H]2CCCN(C)C2)n2ccnc12)N(C)C(=O)OC. The predicted molar refractivity (Wildman–Crippen MR) is 151 cm³/mol. The van der Waals surface area contributed by atoms with Gasteiger partial charge in [-0.15, -0.1) is 0 Å². The number of likely N-dealkylation sites (tertiary alicyclic amines) is 1. The third kappa shape index (κ3) is 6.05. The number of methoxy groups -OCH3 is 1. The van der Waals surface area contributed by atoms with E-state index in [-0.39, 0.29) is 5.70 Å². The molecular formula is C30H33FN6O3. The Morgan fingerprint density at radius 3 is 2.75 bits per heavy atom. The van der Waals surface area contributed by atoms with Gasteiger partial charge in [-0.05, 0) is 63.2 Å². The highest BCUT2D eigenvalue weighted by molar-refractivity contribution is 5.87. The first-order valence-corrected chi connectivity index (χ1v) is 13.0. The summed E-state index contributed by atoms with van der Waals surface area (Å²) in [4.78, 5) is 24.8. The fraction of sp³-hybridized carbons (Fsp3) is 0.333. The first-order chi connectivity index (χ1) is 19.3. The van der Waals surface area contributed by atoms with Gasteiger partial charge in [-0.1, -0.05) is 18.7 Å². The number of hydrogen-bond acceptors (Lipinski definition) is 7. The van der Waals surface area contributed by atoms with Gasteiger partial charge < -0.3 is 14.4 Å². The molecule has 0 radical (unpaired) electrons. The molecule has 0 unspecified atom stereocenters. The summed E-state index contributed by atoms with van der Waals surface area (Å²) in [6, 6.07) is 9.50. The monoisotopic (exact) mass is 544 g/mol. The van der Waals surface area contributed by atoms with Gasteiger partial charge in [0.15, 0.2) is 5.65 Å². The Hall–Kier alpha value is -4.49. The van der Waals surface area contributed by atoms with E-state index < -0.39 is 11.9 Å². The molecule has 1 amide bonds. The number of aromatic nitrogens is 3. The molecule has 0 bridgehead atoms. The molecule has 1 aliphatic heterocycles. The van der Waals surface area contributed by atoms with Gasteiger partial charge in [0.05, 0.1) is 36.7 Å². The zero-order valence-corrected chi connectivity index (χ0v) is 23.2. The van der Waals surface area contributed by atoms with Crippen LogP contribution in [0.2, 0.25) is 0 Å². The number of ether oxygens (including phenoxy) is 2. The molecule has 40 heavy (non-hydrogen) atoms. The molecule has 0 aliphatic carbocycles. The molecule has 0 N–H and O–H groups in total. The highest BCUT2D eigenvalue weighted by Gasteiger charge is 2.23. The minimum Gasteiger partial charge on any atom is -0.464 e. The molecule has 3 aromatic rings. The molecular weight excluding hydrogens is 511 g/mol. The van der Waals surface area contributed by atoms with E-state index in [9.17, 15) is 10.1 Å². The number of fused-ring (bicyclic) bond motifs is 1. The number of allylic oxidation sites excluding steroid dienone is 4. The van der Waals surface area contributed by atoms with Crippen molar-refractivity contribution in [2.75, 3.05) is 40.9 Å². The molecule has 0 spiro atoms. The summed E-state index contributed by atoms with van der Waals surface area (Å²) in [6.07, 6.45) is 7.44. The molecule has 0 saturated carbocycles. The third-order valence-electron chi connectivity index (χ3n) is 6.96. The lowest BCUT2D eigenvalue weighted by Gasteiger charge is -2.29. The van der Waals surface area contributed by atoms with Crippen LogP contribution in [0.3, 0.4) is 0 Å². The first-order valence-electron chi connectivity index (χ1n) is 13.0. The molecule has 2 aromatic heterocycles. The van der Waals surface area contributed by atoms with E-state index >= 15 is 4.39 Å². The average molecular weight is 545 g/mol. The summed E-state index contributed by atoms with van der Waals surface area (Å²) in [5, 5.41) is 9.28. The molecule has 10 heteroatoms. The van der Waals surface area contributed by atoms with Gasteiger partial charge in [0.2, 0.25) is 0 Å². The number of carbonyl (C=O) groups is 1. The Labute approximate surface area is 233 Å². The molecule has 208 valence electrons. The summed E-state index contributed by atoms with van der Waals surface area (Å²) in [5.74, 6) is -0.306. The number of benzene rings is 1. The summed E-state index contributed by atoms with van der Waals surface area (Å²) < 4.78 is 28.3. The van der Waals surface area contributed by atoms with Crippen molar-refractivity contribution in [3.63, 3.8) is 0 Å². The smallest absolute Gasteiger partial charge is 0.413 e. The molecule has 1 atom stereocenters. The van der Waals surface area contributed by atoms with E-state index in [4.69, 9.17) is 14.5 Å². The van der Waals surface area contributed by atoms with Crippen LogP contribution in [0, 0.1) is 17.2 Å². The van der Waals surface area contributed by atoms with Gasteiger partial charge in [0.1, 0.15) is 5.83 Å². The van der Waals surface area contributed by atoms with Crippen molar-refractivity contribution in [3.8, 4) is 23.3 Å². The van der Waals surface area contributed by atoms with Gasteiger partial charge in [-0.2, -0.15) is 10.2 Å². The average Bonchev–Trinajstić information content (AvgIpc) is 3.45. The van der Waals surface area contributed by atoms with Crippen molar-refractivity contribution < 1.29 is 18.7 Å². The van der Waals surface area contributed by atoms with E-state index in [2.05, 4.69) is 29.6 Å². The largest absolute Gasteiger partial charge is 0.464 e. The van der Waals surface area contributed by atoms with Crippen LogP contribution >= 0.6 is 0 Å². The lowest BCUT2D eigenvalue weighted by molar-refractivity contribution is 0.143. The molecule has 1 fully saturated rings. The molecule has 1 saturated heterocycles. The van der Waals surface area contributed by atoms with Crippen LogP contribution in [0.1, 0.15) is 30.9 Å². The summed E-state index contributed by atoms with van der Waals surface area (Å²) >= 11 is 0. The second kappa shape index (κ2) is 12.6. The topological polar surface area (TPSA) is 96.0 Å². The van der Waals surface area contributed by atoms with Crippen LogP contribution < -0.4 is 4.74 Å². The Morgan fingerprint density at radius 2 is 2.10 bits per heavy atom. The first kappa shape index (κ1) is 28.5. The van der Waals surface area contributed by atoms with Crippen LogP contribution in [0.15, 0.2) is 66.9 Å². The number of hydrogen-bond donors (Lipinski definition) is 0. The Balaban J connectivity index is 1.84. The number of likely N-dealkylation sites (N-methyl/N-ethyl adjacent to an activating group) is 1. The second-order valence-electron chi connectivity index (χ2n) is 9.80. The van der Waals surface area contributed by atoms with Crippen molar-refractivity contribution in [1.29, 1.82) is 5.26 Å². The lowest BCUT2D eigenvalue weighted by atomic mass is 9.99. The number of rotatable bonds is 8. The highest BCUT2D eigenvalue weighted by atomic mass is 19.1. The number of nitrogens with zero attached hydrogens (tertiary/aromatic N) is 6. The van der Waals surface area contributed by atoms with Crippen LogP contribution in [-0.4, -0.2) is 71.2 Å². The van der Waals surface area contributed by atoms with Crippen LogP contribution in [-0.2, 0) is 4.74 Å². The van der Waals surface area contributed by atoms with E-state index in [1.54, 1.807) is 48.0 Å². The van der Waals surface area contributed by atoms with Crippen molar-refractivity contribution >= 4 is 17.3 Å². The summed E-state index contributed by atoms with van der Waals surface area (Å²) in [7, 11) is 4.73. The number of halogens is 1. The zero-order valence-electron chi connectivity index (χ0n) is 23.2. The van der Waals surface area contributed by atoms with Gasteiger partial charge in [0, 0.05) is 43.0 Å². The standard InChI is InChI=1S/C30H33FN6O3/c1-6-25(36(4)30(38)39-5)24(31)16-20(2)26-27(23-11-9-21(17-32)10-12-23)34-29(37-15-13-33-28(26)37)40-19-22-8-7-14-35(3)18-22/h6,9-13,15-16,22H,1,7-8,14,18-19H2,2-5H3/b20-16+,25-24-/t22-/m1/s1. The number of imidazole rings is 1. The van der Waals surface area contributed by atoms with E-state index in [0.29, 0.717) is 46.6 Å². The third-order valence-corrected chi connectivity index (χ3v) is 6.96. The molecule has 1 aromatic carbocycles. The number of amides is 1. The van der Waals surface area contributed by atoms with E-state index in [1.165, 1.54) is 26.3 Å². The van der Waals surface area contributed by atoms with Crippen molar-refractivity contribution in [3.05, 3.63) is 78.0 Å². The number of carbonyl (C=O) groups excluding carboxylic acids is 1. The van der Waals surface area contributed by atoms with Crippen LogP contribution in [0.5, 0.6) is 6.01 Å². The van der Waals surface area contributed by atoms with Crippen molar-refractivity contribution in [2.24, 2.45) is 5.92 Å². The minimum atomic E-state index is -0.725. The molecule has 9 nitrogen and oxygen atoms in total. The Kier molecular flexibility index (Phi) is 8.97. The zero-order chi connectivity index (χ0) is 28.8. The van der Waals surface area contributed by atoms with Gasteiger partial charge >= 0.3 is 12.1 Å². The molecule has 1 aliphatic rings. The lowest BCUT2D eigenvalue weighted by Crippen LogP contribution is -2.35. The van der Waals surface area contributed by atoms with Crippen LogP contribution in [0.4, 0.5) is 9.18 Å². The van der Waals surface area contributed by atoms with Crippen molar-refractivity contribution in [2.45, 2.75) is 19.8 Å². The van der Waals surface area contributed by atoms with E-state index in [0.717, 1.165) is 36.4 Å². The maximum atomic E-state index is 15.5. The Bertz CT molecular complexity index is 1500. The fourth-order valence-corrected chi connectivity index (χ4v) is 4.90. The quantitative estimate of drug-likeness (QED) is 0.348. The summed E-state index contributed by atoms with van der Waals surface area (Å²) in [5.41, 5.74) is 3.34. The fourth-order valence-electron chi connectivity index (χ4n) is 4.90. The molecule has 4 rings (SSSR count). The normalized spacial score (nSPS) is 16.7. The van der Waals surface area contributed by atoms with Crippen molar-refractivity contribution in [1.82, 2.24) is 24.2 Å². The van der Waals surface area contributed by atoms with E-state index in [1.807, 2.05) is 0 Å².